The van der Waals surface area contributed by atoms with Crippen molar-refractivity contribution < 1.29 is 9.13 Å². The first kappa shape index (κ1) is 22.5. The topological polar surface area (TPSA) is 99.0 Å². The Morgan fingerprint density at radius 2 is 1.67 bits per heavy atom. The van der Waals surface area contributed by atoms with Crippen molar-refractivity contribution in [3.05, 3.63) is 107 Å². The van der Waals surface area contributed by atoms with Gasteiger partial charge in [-0.05, 0) is 37.3 Å². The molecular formula is C22H15Cl2FN4O4. The molecule has 4 aromatic rings. The minimum Gasteiger partial charge on any atom is -0.453 e. The number of benzene rings is 2. The zero-order valence-corrected chi connectivity index (χ0v) is 18.5. The van der Waals surface area contributed by atoms with E-state index in [1.807, 2.05) is 24.0 Å². The Morgan fingerprint density at radius 3 is 2.30 bits per heavy atom. The summed E-state index contributed by atoms with van der Waals surface area (Å²) in [6.07, 6.45) is 1.50. The number of rotatable bonds is 5. The lowest BCUT2D eigenvalue weighted by Crippen LogP contribution is -2.33. The molecule has 2 aromatic carbocycles. The maximum absolute atomic E-state index is 13.0. The maximum atomic E-state index is 13.0. The van der Waals surface area contributed by atoms with Crippen LogP contribution in [0.5, 0.6) is 11.5 Å². The smallest absolute Gasteiger partial charge is 0.349 e. The van der Waals surface area contributed by atoms with Crippen LogP contribution in [0.1, 0.15) is 11.3 Å². The van der Waals surface area contributed by atoms with E-state index in [9.17, 15) is 18.8 Å². The largest absolute Gasteiger partial charge is 0.453 e. The van der Waals surface area contributed by atoms with Crippen LogP contribution in [0.3, 0.4) is 0 Å². The van der Waals surface area contributed by atoms with Gasteiger partial charge in [-0.3, -0.25) is 19.1 Å². The molecular weight excluding hydrogens is 474 g/mol. The Hall–Kier alpha value is -3.69. The Bertz CT molecular complexity index is 1500. The number of alkyl halides is 1. The van der Waals surface area contributed by atoms with Gasteiger partial charge in [0.25, 0.3) is 11.1 Å². The summed E-state index contributed by atoms with van der Waals surface area (Å²) in [6, 6.07) is 12.8. The molecule has 2 heterocycles. The zero-order valence-electron chi connectivity index (χ0n) is 17.0. The lowest BCUT2D eigenvalue weighted by molar-refractivity contribution is 0.460. The first-order chi connectivity index (χ1) is 15.8. The van der Waals surface area contributed by atoms with Gasteiger partial charge in [-0.2, -0.15) is 9.78 Å². The highest BCUT2D eigenvalue weighted by atomic mass is 35.5. The van der Waals surface area contributed by atoms with Crippen molar-refractivity contribution in [3.8, 4) is 22.9 Å². The standard InChI is InChI=1S/C22H15Cl2FN4O4/c1-12-2-4-13(5-3-12)28-11-15(6-7-19(28)30)33-20-16(23)8-14(9-17(20)24)29-22(32)26-21(31)18(10-25)27-29/h2-9,11H,10H2,1H3,(H,26,31,32). The lowest BCUT2D eigenvalue weighted by Gasteiger charge is -2.14. The molecule has 8 nitrogen and oxygen atoms in total. The molecule has 0 aliphatic rings. The Morgan fingerprint density at radius 1 is 1.00 bits per heavy atom. The molecule has 0 fully saturated rings. The van der Waals surface area contributed by atoms with E-state index in [2.05, 4.69) is 5.10 Å². The zero-order chi connectivity index (χ0) is 23.7. The number of aryl methyl sites for hydroxylation is 1. The average Bonchev–Trinajstić information content (AvgIpc) is 2.78. The third-order valence-electron chi connectivity index (χ3n) is 4.67. The molecule has 0 saturated carbocycles. The third kappa shape index (κ3) is 4.59. The van der Waals surface area contributed by atoms with Crippen LogP contribution in [0, 0.1) is 6.92 Å². The van der Waals surface area contributed by atoms with Crippen LogP contribution in [-0.4, -0.2) is 19.3 Å². The second-order valence-corrected chi connectivity index (χ2v) is 7.81. The van der Waals surface area contributed by atoms with Crippen LogP contribution in [0.25, 0.3) is 11.4 Å². The molecule has 33 heavy (non-hydrogen) atoms. The number of ether oxygens (including phenoxy) is 1. The van der Waals surface area contributed by atoms with Gasteiger partial charge in [-0.15, -0.1) is 0 Å². The molecule has 0 aliphatic carbocycles. The molecule has 0 amide bonds. The molecule has 0 bridgehead atoms. The highest BCUT2D eigenvalue weighted by Gasteiger charge is 2.15. The number of pyridine rings is 1. The number of hydrogen-bond acceptors (Lipinski definition) is 5. The van der Waals surface area contributed by atoms with E-state index >= 15 is 0 Å². The number of aromatic nitrogens is 4. The van der Waals surface area contributed by atoms with Crippen LogP contribution in [0.15, 0.2) is 69.1 Å². The van der Waals surface area contributed by atoms with Crippen LogP contribution in [0.4, 0.5) is 4.39 Å². The summed E-state index contributed by atoms with van der Waals surface area (Å²) in [7, 11) is 0. The van der Waals surface area contributed by atoms with Crippen molar-refractivity contribution in [2.45, 2.75) is 13.6 Å². The summed E-state index contributed by atoms with van der Waals surface area (Å²) in [4.78, 5) is 38.0. The molecule has 2 aromatic heterocycles. The molecule has 1 N–H and O–H groups in total. The number of nitrogens with one attached hydrogen (secondary N) is 1. The van der Waals surface area contributed by atoms with Gasteiger partial charge in [0.1, 0.15) is 12.4 Å². The van der Waals surface area contributed by atoms with Gasteiger partial charge < -0.3 is 4.74 Å². The van der Waals surface area contributed by atoms with E-state index in [1.54, 1.807) is 12.1 Å². The van der Waals surface area contributed by atoms with Crippen molar-refractivity contribution in [1.29, 1.82) is 0 Å². The fourth-order valence-corrected chi connectivity index (χ4v) is 3.57. The average molecular weight is 489 g/mol. The molecule has 0 unspecified atom stereocenters. The first-order valence-corrected chi connectivity index (χ1v) is 10.3. The van der Waals surface area contributed by atoms with E-state index < -0.39 is 23.6 Å². The van der Waals surface area contributed by atoms with Crippen LogP contribution < -0.4 is 21.5 Å². The summed E-state index contributed by atoms with van der Waals surface area (Å²) in [6.45, 7) is 0.782. The maximum Gasteiger partial charge on any atom is 0.349 e. The Balaban J connectivity index is 1.72. The molecule has 0 saturated heterocycles. The van der Waals surface area contributed by atoms with Gasteiger partial charge in [0.2, 0.25) is 0 Å². The van der Waals surface area contributed by atoms with E-state index in [0.29, 0.717) is 5.69 Å². The lowest BCUT2D eigenvalue weighted by atomic mass is 10.2. The Labute approximate surface area is 195 Å². The van der Waals surface area contributed by atoms with Crippen molar-refractivity contribution in [2.75, 3.05) is 0 Å². The normalized spacial score (nSPS) is 10.9. The predicted octanol–water partition coefficient (Wildman–Crippen LogP) is 3.95. The van der Waals surface area contributed by atoms with Crippen LogP contribution >= 0.6 is 23.2 Å². The second kappa shape index (κ2) is 9.05. The summed E-state index contributed by atoms with van der Waals surface area (Å²) in [5, 5.41) is 3.75. The van der Waals surface area contributed by atoms with Gasteiger partial charge in [0, 0.05) is 11.8 Å². The molecule has 4 rings (SSSR count). The number of nitrogens with zero attached hydrogens (tertiary/aromatic N) is 3. The minimum absolute atomic E-state index is 0.0206. The monoisotopic (exact) mass is 488 g/mol. The van der Waals surface area contributed by atoms with E-state index in [0.717, 1.165) is 10.2 Å². The quantitative estimate of drug-likeness (QED) is 0.458. The van der Waals surface area contributed by atoms with Gasteiger partial charge in [0.15, 0.2) is 11.4 Å². The number of aromatic amines is 1. The molecule has 11 heteroatoms. The SMILES string of the molecule is Cc1ccc(-n2cc(Oc3c(Cl)cc(-n4nc(CF)c(=O)[nH]c4=O)cc3Cl)ccc2=O)cc1. The second-order valence-electron chi connectivity index (χ2n) is 7.00. The van der Waals surface area contributed by atoms with Crippen molar-refractivity contribution >= 4 is 23.2 Å². The van der Waals surface area contributed by atoms with E-state index in [-0.39, 0.29) is 32.8 Å². The van der Waals surface area contributed by atoms with Crippen molar-refractivity contribution in [1.82, 2.24) is 19.3 Å². The highest BCUT2D eigenvalue weighted by Crippen LogP contribution is 2.38. The fourth-order valence-electron chi connectivity index (χ4n) is 3.02. The third-order valence-corrected chi connectivity index (χ3v) is 5.23. The number of halogens is 3. The van der Waals surface area contributed by atoms with E-state index in [4.69, 9.17) is 27.9 Å². The number of H-pyrrole nitrogens is 1. The van der Waals surface area contributed by atoms with Crippen LogP contribution in [0.2, 0.25) is 10.0 Å². The molecule has 0 atom stereocenters. The molecule has 0 spiro atoms. The van der Waals surface area contributed by atoms with Crippen LogP contribution in [-0.2, 0) is 6.67 Å². The van der Waals surface area contributed by atoms with Gasteiger partial charge in [0.05, 0.1) is 21.9 Å². The summed E-state index contributed by atoms with van der Waals surface area (Å²) >= 11 is 12.7. The summed E-state index contributed by atoms with van der Waals surface area (Å²) in [5.74, 6) is 0.352. The molecule has 0 radical (unpaired) electrons. The van der Waals surface area contributed by atoms with Gasteiger partial charge >= 0.3 is 5.69 Å². The molecule has 168 valence electrons. The van der Waals surface area contributed by atoms with Crippen molar-refractivity contribution in [3.63, 3.8) is 0 Å². The number of hydrogen-bond donors (Lipinski definition) is 1. The Kier molecular flexibility index (Phi) is 6.17. The minimum atomic E-state index is -1.16. The first-order valence-electron chi connectivity index (χ1n) is 9.52. The van der Waals surface area contributed by atoms with Gasteiger partial charge in [-0.1, -0.05) is 40.9 Å². The van der Waals surface area contributed by atoms with Crippen molar-refractivity contribution in [2.24, 2.45) is 0 Å². The van der Waals surface area contributed by atoms with E-state index in [1.165, 1.54) is 35.0 Å². The predicted molar refractivity (Wildman–Crippen MR) is 122 cm³/mol. The van der Waals surface area contributed by atoms with Gasteiger partial charge in [-0.25, -0.2) is 9.18 Å². The molecule has 0 aliphatic heterocycles. The summed E-state index contributed by atoms with van der Waals surface area (Å²) in [5.41, 5.74) is -0.740. The summed E-state index contributed by atoms with van der Waals surface area (Å²) < 4.78 is 21.0. The fraction of sp³-hybridized carbons (Fsp3) is 0.0909. The highest BCUT2D eigenvalue weighted by molar-refractivity contribution is 6.37.